The topological polar surface area (TPSA) is 67.3 Å². The molecule has 0 saturated carbocycles. The highest BCUT2D eigenvalue weighted by molar-refractivity contribution is 7.90. The number of benzene rings is 3. The predicted molar refractivity (Wildman–Crippen MR) is 124 cm³/mol. The van der Waals surface area contributed by atoms with Gasteiger partial charge in [0.25, 0.3) is 5.91 Å². The molecule has 1 aromatic heterocycles. The maximum absolute atomic E-state index is 13.2. The molecule has 0 N–H and O–H groups in total. The van der Waals surface area contributed by atoms with Crippen molar-refractivity contribution in [3.05, 3.63) is 107 Å². The summed E-state index contributed by atoms with van der Waals surface area (Å²) in [6.45, 7) is 1.16. The Balaban J connectivity index is 1.40. The molecule has 0 unspecified atom stereocenters. The summed E-state index contributed by atoms with van der Waals surface area (Å²) < 4.78 is 26.4. The molecule has 2 heterocycles. The van der Waals surface area contributed by atoms with Gasteiger partial charge in [-0.3, -0.25) is 4.79 Å². The van der Waals surface area contributed by atoms with Gasteiger partial charge in [0.05, 0.1) is 16.3 Å². The Labute approximate surface area is 187 Å². The zero-order chi connectivity index (χ0) is 22.1. The van der Waals surface area contributed by atoms with Crippen LogP contribution in [0.3, 0.4) is 0 Å². The van der Waals surface area contributed by atoms with E-state index >= 15 is 0 Å². The van der Waals surface area contributed by atoms with E-state index in [1.807, 2.05) is 48.5 Å². The van der Waals surface area contributed by atoms with Gasteiger partial charge in [0, 0.05) is 18.5 Å². The molecule has 1 aliphatic heterocycles. The van der Waals surface area contributed by atoms with E-state index < -0.39 is 9.84 Å². The normalized spacial score (nSPS) is 13.7. The maximum Gasteiger partial charge on any atom is 0.272 e. The van der Waals surface area contributed by atoms with Gasteiger partial charge < -0.3 is 4.90 Å². The highest BCUT2D eigenvalue weighted by atomic mass is 32.2. The molecule has 0 saturated heterocycles. The van der Waals surface area contributed by atoms with Crippen molar-refractivity contribution in [2.45, 2.75) is 23.6 Å². The van der Waals surface area contributed by atoms with Crippen molar-refractivity contribution in [1.29, 1.82) is 0 Å². The third-order valence-electron chi connectivity index (χ3n) is 5.87. The third-order valence-corrected chi connectivity index (χ3v) is 7.57. The summed E-state index contributed by atoms with van der Waals surface area (Å²) in [5.41, 5.74) is 3.04. The first-order valence-electron chi connectivity index (χ1n) is 10.5. The second-order valence-electron chi connectivity index (χ2n) is 8.00. The number of sulfone groups is 1. The average Bonchev–Trinajstić information content (AvgIpc) is 2.82. The lowest BCUT2D eigenvalue weighted by molar-refractivity contribution is 0.0728. The fourth-order valence-electron chi connectivity index (χ4n) is 4.25. The molecular formula is C26H22N2O3S. The fraction of sp³-hybridized carbons (Fsp3) is 0.154. The molecule has 32 heavy (non-hydrogen) atoms. The third kappa shape index (κ3) is 3.89. The minimum absolute atomic E-state index is 0.177. The zero-order valence-corrected chi connectivity index (χ0v) is 18.3. The number of carbonyl (C=O) groups is 1. The Morgan fingerprint density at radius 3 is 2.44 bits per heavy atom. The van der Waals surface area contributed by atoms with Crippen molar-refractivity contribution < 1.29 is 13.2 Å². The van der Waals surface area contributed by atoms with Crippen LogP contribution in [0, 0.1) is 0 Å². The Kier molecular flexibility index (Phi) is 5.23. The molecule has 0 radical (unpaired) electrons. The van der Waals surface area contributed by atoms with Crippen LogP contribution in [-0.2, 0) is 28.6 Å². The number of nitrogens with zero attached hydrogens (tertiary/aromatic N) is 2. The van der Waals surface area contributed by atoms with Crippen LogP contribution in [0.1, 0.15) is 27.3 Å². The van der Waals surface area contributed by atoms with E-state index in [4.69, 9.17) is 0 Å². The summed E-state index contributed by atoms with van der Waals surface area (Å²) in [4.78, 5) is 19.6. The van der Waals surface area contributed by atoms with Gasteiger partial charge in [-0.25, -0.2) is 13.4 Å². The Hall–Kier alpha value is -3.51. The first kappa shape index (κ1) is 20.4. The van der Waals surface area contributed by atoms with Crippen LogP contribution >= 0.6 is 0 Å². The number of pyridine rings is 1. The van der Waals surface area contributed by atoms with Crippen LogP contribution in [0.2, 0.25) is 0 Å². The number of rotatable bonds is 4. The van der Waals surface area contributed by atoms with Gasteiger partial charge in [0.15, 0.2) is 9.84 Å². The fourth-order valence-corrected chi connectivity index (χ4v) is 5.76. The summed E-state index contributed by atoms with van der Waals surface area (Å²) >= 11 is 0. The smallest absolute Gasteiger partial charge is 0.272 e. The molecule has 160 valence electrons. The van der Waals surface area contributed by atoms with Crippen molar-refractivity contribution in [2.75, 3.05) is 6.54 Å². The summed E-state index contributed by atoms with van der Waals surface area (Å²) in [6, 6.07) is 25.8. The molecule has 0 bridgehead atoms. The van der Waals surface area contributed by atoms with E-state index in [1.165, 1.54) is 5.56 Å². The lowest BCUT2D eigenvalue weighted by atomic mass is 10.00. The number of fused-ring (bicyclic) bond motifs is 2. The van der Waals surface area contributed by atoms with Crippen molar-refractivity contribution in [1.82, 2.24) is 9.88 Å². The quantitative estimate of drug-likeness (QED) is 0.470. The van der Waals surface area contributed by atoms with Crippen LogP contribution in [0.4, 0.5) is 0 Å². The van der Waals surface area contributed by atoms with E-state index in [-0.39, 0.29) is 22.2 Å². The zero-order valence-electron chi connectivity index (χ0n) is 17.4. The molecule has 5 nitrogen and oxygen atoms in total. The average molecular weight is 443 g/mol. The van der Waals surface area contributed by atoms with Crippen molar-refractivity contribution in [3.8, 4) is 0 Å². The van der Waals surface area contributed by atoms with Crippen molar-refractivity contribution >= 4 is 26.5 Å². The standard InChI is InChI=1S/C26H22N2O3S/c29-26(28-16-15-19-7-1-2-9-21(19)17-28)24-13-6-11-22(27-24)18-32(30,31)25-14-5-10-20-8-3-4-12-23(20)25/h1-14H,15-18H2. The van der Waals surface area contributed by atoms with Gasteiger partial charge in [-0.2, -0.15) is 0 Å². The molecule has 5 rings (SSSR count). The molecule has 3 aromatic carbocycles. The minimum atomic E-state index is -3.63. The van der Waals surface area contributed by atoms with E-state index in [1.54, 1.807) is 35.2 Å². The lowest BCUT2D eigenvalue weighted by Gasteiger charge is -2.28. The van der Waals surface area contributed by atoms with E-state index in [9.17, 15) is 13.2 Å². The van der Waals surface area contributed by atoms with Crippen LogP contribution in [-0.4, -0.2) is 30.8 Å². The van der Waals surface area contributed by atoms with Gasteiger partial charge >= 0.3 is 0 Å². The van der Waals surface area contributed by atoms with Gasteiger partial charge in [0.2, 0.25) is 0 Å². The summed E-state index contributed by atoms with van der Waals surface area (Å²) in [6.07, 6.45) is 0.803. The first-order valence-corrected chi connectivity index (χ1v) is 12.2. The number of hydrogen-bond acceptors (Lipinski definition) is 4. The first-order chi connectivity index (χ1) is 15.5. The highest BCUT2D eigenvalue weighted by Gasteiger charge is 2.24. The summed E-state index contributed by atoms with van der Waals surface area (Å²) in [5, 5.41) is 1.56. The van der Waals surface area contributed by atoms with E-state index in [2.05, 4.69) is 11.1 Å². The lowest BCUT2D eigenvalue weighted by Crippen LogP contribution is -2.36. The number of hydrogen-bond donors (Lipinski definition) is 0. The molecule has 4 aromatic rings. The van der Waals surface area contributed by atoms with Crippen molar-refractivity contribution in [3.63, 3.8) is 0 Å². The largest absolute Gasteiger partial charge is 0.333 e. The molecule has 0 fully saturated rings. The Morgan fingerprint density at radius 2 is 1.56 bits per heavy atom. The predicted octanol–water partition coefficient (Wildman–Crippen LogP) is 4.41. The monoisotopic (exact) mass is 442 g/mol. The summed E-state index contributed by atoms with van der Waals surface area (Å²) in [5.74, 6) is -0.436. The van der Waals surface area contributed by atoms with Gasteiger partial charge in [-0.15, -0.1) is 0 Å². The molecule has 6 heteroatoms. The highest BCUT2D eigenvalue weighted by Crippen LogP contribution is 2.26. The van der Waals surface area contributed by atoms with Crippen LogP contribution in [0.5, 0.6) is 0 Å². The summed E-state index contributed by atoms with van der Waals surface area (Å²) in [7, 11) is -3.63. The van der Waals surface area contributed by atoms with E-state index in [0.29, 0.717) is 24.2 Å². The molecule has 1 aliphatic rings. The molecule has 0 aliphatic carbocycles. The Morgan fingerprint density at radius 1 is 0.844 bits per heavy atom. The molecule has 0 spiro atoms. The van der Waals surface area contributed by atoms with Crippen molar-refractivity contribution in [2.24, 2.45) is 0 Å². The van der Waals surface area contributed by atoms with Gasteiger partial charge in [-0.1, -0.05) is 66.7 Å². The number of aromatic nitrogens is 1. The van der Waals surface area contributed by atoms with E-state index in [0.717, 1.165) is 17.4 Å². The maximum atomic E-state index is 13.2. The molecule has 1 amide bonds. The Bertz CT molecular complexity index is 1420. The number of carbonyl (C=O) groups excluding carboxylic acids is 1. The van der Waals surface area contributed by atoms with Crippen LogP contribution < -0.4 is 0 Å². The SMILES string of the molecule is O=C(c1cccc(CS(=O)(=O)c2cccc3ccccc23)n1)N1CCc2ccccc2C1. The van der Waals surface area contributed by atoms with Gasteiger partial charge in [-0.05, 0) is 41.1 Å². The second-order valence-corrected chi connectivity index (χ2v) is 9.95. The van der Waals surface area contributed by atoms with Crippen LogP contribution in [0.25, 0.3) is 10.8 Å². The minimum Gasteiger partial charge on any atom is -0.333 e. The van der Waals surface area contributed by atoms with Gasteiger partial charge in [0.1, 0.15) is 5.69 Å². The molecular weight excluding hydrogens is 420 g/mol. The molecule has 0 atom stereocenters. The van der Waals surface area contributed by atoms with Crippen LogP contribution in [0.15, 0.2) is 89.8 Å². The number of amides is 1. The second kappa shape index (κ2) is 8.20.